The molecular weight excluding hydrogens is 324 g/mol. The third-order valence-corrected chi connectivity index (χ3v) is 4.49. The number of imidazole rings is 1. The van der Waals surface area contributed by atoms with Crippen LogP contribution in [-0.4, -0.2) is 26.8 Å². The summed E-state index contributed by atoms with van der Waals surface area (Å²) in [7, 11) is 0. The third-order valence-electron chi connectivity index (χ3n) is 3.52. The lowest BCUT2D eigenvalue weighted by molar-refractivity contribution is -0.115. The molecule has 0 radical (unpaired) electrons. The molecule has 7 nitrogen and oxygen atoms in total. The molecule has 24 heavy (non-hydrogen) atoms. The molecule has 120 valence electrons. The Kier molecular flexibility index (Phi) is 3.58. The number of aryl methyl sites for hydroxylation is 1. The number of carbonyl (C=O) groups is 1. The summed E-state index contributed by atoms with van der Waals surface area (Å²) >= 11 is 1.57. The van der Waals surface area contributed by atoms with Crippen molar-refractivity contribution in [1.82, 2.24) is 25.6 Å². The van der Waals surface area contributed by atoms with Crippen LogP contribution in [0.2, 0.25) is 0 Å². The number of hydrogen-bond acceptors (Lipinski definition) is 6. The Morgan fingerprint density at radius 2 is 2.29 bits per heavy atom. The van der Waals surface area contributed by atoms with E-state index in [4.69, 9.17) is 0 Å². The van der Waals surface area contributed by atoms with Gasteiger partial charge in [-0.2, -0.15) is 0 Å². The number of nitrogens with zero attached hydrogens (tertiary/aromatic N) is 3. The molecular formula is C16H14N6OS. The fraction of sp³-hybridized carbons (Fsp3) is 0.125. The lowest BCUT2D eigenvalue weighted by Crippen LogP contribution is -2.35. The zero-order chi connectivity index (χ0) is 16.5. The molecule has 0 atom stereocenters. The number of guanidine groups is 1. The zero-order valence-electron chi connectivity index (χ0n) is 12.8. The van der Waals surface area contributed by atoms with Crippen LogP contribution in [0, 0.1) is 6.92 Å². The van der Waals surface area contributed by atoms with E-state index < -0.39 is 0 Å². The molecule has 8 heteroatoms. The largest absolute Gasteiger partial charge is 0.349 e. The first-order chi connectivity index (χ1) is 11.7. The summed E-state index contributed by atoms with van der Waals surface area (Å²) in [6.07, 6.45) is 3.38. The van der Waals surface area contributed by atoms with Crippen LogP contribution in [0.25, 0.3) is 17.1 Å². The summed E-state index contributed by atoms with van der Waals surface area (Å²) in [5.74, 6) is 0.217. The van der Waals surface area contributed by atoms with E-state index in [9.17, 15) is 4.79 Å². The molecule has 3 N–H and O–H groups in total. The van der Waals surface area contributed by atoms with Crippen LogP contribution in [0.4, 0.5) is 0 Å². The Balaban J connectivity index is 1.51. The Labute approximate surface area is 141 Å². The van der Waals surface area contributed by atoms with E-state index in [-0.39, 0.29) is 5.91 Å². The summed E-state index contributed by atoms with van der Waals surface area (Å²) in [6.45, 7) is 2.48. The van der Waals surface area contributed by atoms with E-state index in [1.165, 1.54) is 0 Å². The van der Waals surface area contributed by atoms with Gasteiger partial charge in [-0.3, -0.25) is 10.1 Å². The van der Waals surface area contributed by atoms with Crippen LogP contribution < -0.4 is 10.6 Å². The van der Waals surface area contributed by atoms with E-state index >= 15 is 0 Å². The normalized spacial score (nSPS) is 15.8. The van der Waals surface area contributed by atoms with Gasteiger partial charge < -0.3 is 10.3 Å². The highest BCUT2D eigenvalue weighted by atomic mass is 32.1. The number of aromatic nitrogens is 3. The third kappa shape index (κ3) is 2.91. The standard InChI is InChI=1S/C16H14N6OS/c1-9-7-24-14(20-9)6-17-16-21-13(15(23)22-16)5-10-2-3-11-12(4-10)19-8-18-11/h2-5,7-8H,6H2,1H3,(H,18,19)(H2,17,21,22,23)/b13-5-. The van der Waals surface area contributed by atoms with Crippen LogP contribution in [0.3, 0.4) is 0 Å². The van der Waals surface area contributed by atoms with E-state index in [0.717, 1.165) is 27.3 Å². The molecule has 3 heterocycles. The minimum Gasteiger partial charge on any atom is -0.349 e. The van der Waals surface area contributed by atoms with Crippen molar-refractivity contribution >= 4 is 40.3 Å². The van der Waals surface area contributed by atoms with Gasteiger partial charge in [-0.25, -0.2) is 15.0 Å². The van der Waals surface area contributed by atoms with Crippen LogP contribution in [0.15, 0.2) is 40.6 Å². The monoisotopic (exact) mass is 338 g/mol. The van der Waals surface area contributed by atoms with Crippen molar-refractivity contribution in [2.45, 2.75) is 13.5 Å². The highest BCUT2D eigenvalue weighted by Crippen LogP contribution is 2.16. The quantitative estimate of drug-likeness (QED) is 0.636. The van der Waals surface area contributed by atoms with Gasteiger partial charge in [-0.1, -0.05) is 6.07 Å². The van der Waals surface area contributed by atoms with E-state index in [0.29, 0.717) is 18.2 Å². The van der Waals surface area contributed by atoms with Gasteiger partial charge in [-0.15, -0.1) is 11.3 Å². The molecule has 3 aromatic rings. The average Bonchev–Trinajstić information content (AvgIpc) is 3.26. The van der Waals surface area contributed by atoms with Gasteiger partial charge in [0, 0.05) is 11.1 Å². The first-order valence-electron chi connectivity index (χ1n) is 7.37. The number of hydrogen-bond donors (Lipinski definition) is 3. The Hall–Kier alpha value is -3.00. The molecule has 1 amide bonds. The van der Waals surface area contributed by atoms with E-state index in [1.807, 2.05) is 30.5 Å². The SMILES string of the molecule is Cc1csc(CNC2=N/C(=C\c3ccc4[nH]cnc4c3)C(=O)N2)n1. The molecule has 0 spiro atoms. The van der Waals surface area contributed by atoms with Gasteiger partial charge in [0.25, 0.3) is 5.91 Å². The number of amides is 1. The summed E-state index contributed by atoms with van der Waals surface area (Å²) in [5, 5.41) is 8.75. The Bertz CT molecular complexity index is 983. The minimum absolute atomic E-state index is 0.227. The van der Waals surface area contributed by atoms with E-state index in [2.05, 4.69) is 30.6 Å². The van der Waals surface area contributed by atoms with Crippen molar-refractivity contribution in [3.63, 3.8) is 0 Å². The maximum absolute atomic E-state index is 12.0. The molecule has 0 fully saturated rings. The van der Waals surface area contributed by atoms with Crippen molar-refractivity contribution in [2.24, 2.45) is 4.99 Å². The van der Waals surface area contributed by atoms with Crippen LogP contribution in [0.1, 0.15) is 16.3 Å². The number of carbonyl (C=O) groups excluding carboxylic acids is 1. The minimum atomic E-state index is -0.227. The highest BCUT2D eigenvalue weighted by Gasteiger charge is 2.20. The van der Waals surface area contributed by atoms with Crippen molar-refractivity contribution < 1.29 is 4.79 Å². The lowest BCUT2D eigenvalue weighted by atomic mass is 10.1. The smallest absolute Gasteiger partial charge is 0.276 e. The Morgan fingerprint density at radius 3 is 3.12 bits per heavy atom. The molecule has 4 rings (SSSR count). The fourth-order valence-corrected chi connectivity index (χ4v) is 3.10. The maximum atomic E-state index is 12.0. The van der Waals surface area contributed by atoms with Crippen LogP contribution in [0.5, 0.6) is 0 Å². The summed E-state index contributed by atoms with van der Waals surface area (Å²) in [4.78, 5) is 28.0. The van der Waals surface area contributed by atoms with Gasteiger partial charge in [0.15, 0.2) is 0 Å². The number of aromatic amines is 1. The van der Waals surface area contributed by atoms with Gasteiger partial charge in [0.05, 0.1) is 23.9 Å². The first-order valence-corrected chi connectivity index (χ1v) is 8.25. The van der Waals surface area contributed by atoms with Crippen molar-refractivity contribution in [2.75, 3.05) is 0 Å². The molecule has 0 saturated carbocycles. The number of benzene rings is 1. The second-order valence-corrected chi connectivity index (χ2v) is 6.30. The summed E-state index contributed by atoms with van der Waals surface area (Å²) in [5.41, 5.74) is 4.04. The Morgan fingerprint density at radius 1 is 1.38 bits per heavy atom. The summed E-state index contributed by atoms with van der Waals surface area (Å²) < 4.78 is 0. The number of thiazole rings is 1. The zero-order valence-corrected chi connectivity index (χ0v) is 13.6. The molecule has 2 aromatic heterocycles. The molecule has 0 bridgehead atoms. The fourth-order valence-electron chi connectivity index (χ4n) is 2.39. The second-order valence-electron chi connectivity index (χ2n) is 5.36. The number of nitrogens with one attached hydrogen (secondary N) is 3. The number of fused-ring (bicyclic) bond motifs is 1. The van der Waals surface area contributed by atoms with Gasteiger partial charge in [0.1, 0.15) is 10.7 Å². The molecule has 1 aliphatic heterocycles. The van der Waals surface area contributed by atoms with Crippen molar-refractivity contribution in [3.8, 4) is 0 Å². The van der Waals surface area contributed by atoms with Crippen molar-refractivity contribution in [1.29, 1.82) is 0 Å². The van der Waals surface area contributed by atoms with Gasteiger partial charge in [0.2, 0.25) is 5.96 Å². The van der Waals surface area contributed by atoms with Gasteiger partial charge >= 0.3 is 0 Å². The second kappa shape index (κ2) is 5.89. The maximum Gasteiger partial charge on any atom is 0.276 e. The molecule has 0 aliphatic carbocycles. The van der Waals surface area contributed by atoms with Crippen LogP contribution >= 0.6 is 11.3 Å². The lowest BCUT2D eigenvalue weighted by Gasteiger charge is -2.01. The number of aliphatic imine (C=N–C) groups is 1. The number of H-pyrrole nitrogens is 1. The topological polar surface area (TPSA) is 95.1 Å². The average molecular weight is 338 g/mol. The molecule has 0 unspecified atom stereocenters. The highest BCUT2D eigenvalue weighted by molar-refractivity contribution is 7.09. The van der Waals surface area contributed by atoms with Gasteiger partial charge in [-0.05, 0) is 30.7 Å². The van der Waals surface area contributed by atoms with Crippen LogP contribution in [-0.2, 0) is 11.3 Å². The molecule has 1 aromatic carbocycles. The van der Waals surface area contributed by atoms with E-state index in [1.54, 1.807) is 23.7 Å². The molecule has 0 saturated heterocycles. The number of rotatable bonds is 3. The predicted molar refractivity (Wildman–Crippen MR) is 93.3 cm³/mol. The molecule has 1 aliphatic rings. The first kappa shape index (κ1) is 14.6. The predicted octanol–water partition coefficient (Wildman–Crippen LogP) is 1.94. The summed E-state index contributed by atoms with van der Waals surface area (Å²) in [6, 6.07) is 5.75. The van der Waals surface area contributed by atoms with Crippen molar-refractivity contribution in [3.05, 3.63) is 51.9 Å².